The first kappa shape index (κ1) is 17.0. The van der Waals surface area contributed by atoms with Gasteiger partial charge in [0.2, 0.25) is 0 Å². The molecule has 0 amide bonds. The lowest BCUT2D eigenvalue weighted by Crippen LogP contribution is -2.05. The molecule has 0 aliphatic carbocycles. The van der Waals surface area contributed by atoms with Gasteiger partial charge in [0, 0.05) is 17.9 Å². The number of aliphatic hydroxyl groups excluding tert-OH is 1. The molecule has 2 aromatic heterocycles. The van der Waals surface area contributed by atoms with Gasteiger partial charge in [-0.05, 0) is 30.2 Å². The number of aromatic nitrogens is 5. The molecule has 0 saturated heterocycles. The number of anilines is 2. The van der Waals surface area contributed by atoms with E-state index < -0.39 is 0 Å². The Bertz CT molecular complexity index is 1080. The lowest BCUT2D eigenvalue weighted by molar-refractivity contribution is 0.299. The topological polar surface area (TPSA) is 88.8 Å². The van der Waals surface area contributed by atoms with Crippen LogP contribution < -0.4 is 5.32 Å². The first-order chi connectivity index (χ1) is 13.2. The van der Waals surface area contributed by atoms with E-state index in [2.05, 4.69) is 25.6 Å². The molecule has 0 fully saturated rings. The Balaban J connectivity index is 1.65. The number of nitrogens with zero attached hydrogens (tertiary/aromatic N) is 5. The molecule has 0 atom stereocenters. The van der Waals surface area contributed by atoms with Crippen molar-refractivity contribution in [1.29, 1.82) is 0 Å². The standard InChI is InChI=1S/C19H17FN6O/c20-16-7-2-1-5-14(16)11-26-19-17(24-25-26)18(21-12-22-19)23-15-6-3-4-13(10-15)8-9-27/h1-7,10,12,27H,8-9,11H2,(H,21,22,23). The van der Waals surface area contributed by atoms with Gasteiger partial charge in [0.1, 0.15) is 12.1 Å². The highest BCUT2D eigenvalue weighted by atomic mass is 19.1. The molecule has 0 bridgehead atoms. The van der Waals surface area contributed by atoms with Crippen LogP contribution in [0.5, 0.6) is 0 Å². The summed E-state index contributed by atoms with van der Waals surface area (Å²) in [5, 5.41) is 20.6. The molecule has 2 heterocycles. The number of rotatable bonds is 6. The van der Waals surface area contributed by atoms with E-state index in [1.807, 2.05) is 24.3 Å². The highest BCUT2D eigenvalue weighted by molar-refractivity contribution is 5.84. The minimum absolute atomic E-state index is 0.0889. The summed E-state index contributed by atoms with van der Waals surface area (Å²) < 4.78 is 15.5. The molecular formula is C19H17FN6O. The van der Waals surface area contributed by atoms with Crippen molar-refractivity contribution in [1.82, 2.24) is 25.0 Å². The summed E-state index contributed by atoms with van der Waals surface area (Å²) in [4.78, 5) is 8.50. The van der Waals surface area contributed by atoms with Gasteiger partial charge in [-0.2, -0.15) is 0 Å². The number of halogens is 1. The number of aliphatic hydroxyl groups is 1. The van der Waals surface area contributed by atoms with Crippen molar-refractivity contribution in [3.8, 4) is 0 Å². The third-order valence-electron chi connectivity index (χ3n) is 4.17. The van der Waals surface area contributed by atoms with Gasteiger partial charge in [0.05, 0.1) is 6.54 Å². The summed E-state index contributed by atoms with van der Waals surface area (Å²) in [7, 11) is 0. The second kappa shape index (κ2) is 7.46. The van der Waals surface area contributed by atoms with E-state index in [1.54, 1.807) is 22.9 Å². The predicted octanol–water partition coefficient (Wildman–Crippen LogP) is 2.69. The van der Waals surface area contributed by atoms with Gasteiger partial charge < -0.3 is 10.4 Å². The fourth-order valence-electron chi connectivity index (χ4n) is 2.85. The third kappa shape index (κ3) is 3.61. The van der Waals surface area contributed by atoms with E-state index in [0.29, 0.717) is 29.0 Å². The quantitative estimate of drug-likeness (QED) is 0.547. The Morgan fingerprint density at radius 3 is 2.81 bits per heavy atom. The summed E-state index contributed by atoms with van der Waals surface area (Å²) in [5.41, 5.74) is 3.36. The summed E-state index contributed by atoms with van der Waals surface area (Å²) in [6.07, 6.45) is 2.00. The van der Waals surface area contributed by atoms with Gasteiger partial charge >= 0.3 is 0 Å². The summed E-state index contributed by atoms with van der Waals surface area (Å²) in [6, 6.07) is 14.2. The smallest absolute Gasteiger partial charge is 0.184 e. The zero-order valence-corrected chi connectivity index (χ0v) is 14.4. The SMILES string of the molecule is OCCc1cccc(Nc2ncnc3c2nnn3Cc2ccccc2F)c1. The van der Waals surface area contributed by atoms with Crippen LogP contribution >= 0.6 is 0 Å². The van der Waals surface area contributed by atoms with Crippen molar-refractivity contribution in [2.45, 2.75) is 13.0 Å². The number of fused-ring (bicyclic) bond motifs is 1. The maximum Gasteiger partial charge on any atom is 0.184 e. The molecule has 2 aromatic carbocycles. The summed E-state index contributed by atoms with van der Waals surface area (Å²) in [5.74, 6) is 0.218. The van der Waals surface area contributed by atoms with Crippen molar-refractivity contribution in [2.24, 2.45) is 0 Å². The number of hydrogen-bond acceptors (Lipinski definition) is 6. The van der Waals surface area contributed by atoms with E-state index in [9.17, 15) is 4.39 Å². The van der Waals surface area contributed by atoms with Crippen LogP contribution in [0, 0.1) is 5.82 Å². The van der Waals surface area contributed by atoms with Crippen LogP contribution in [0.3, 0.4) is 0 Å². The molecule has 0 saturated carbocycles. The molecule has 0 aliphatic rings. The maximum atomic E-state index is 13.9. The minimum atomic E-state index is -0.297. The molecular weight excluding hydrogens is 347 g/mol. The largest absolute Gasteiger partial charge is 0.396 e. The molecule has 4 rings (SSSR count). The second-order valence-corrected chi connectivity index (χ2v) is 6.03. The van der Waals surface area contributed by atoms with Crippen LogP contribution in [0.15, 0.2) is 54.9 Å². The zero-order valence-electron chi connectivity index (χ0n) is 14.4. The molecule has 2 N–H and O–H groups in total. The van der Waals surface area contributed by atoms with Crippen LogP contribution in [0.1, 0.15) is 11.1 Å². The molecule has 0 radical (unpaired) electrons. The van der Waals surface area contributed by atoms with Crippen LogP contribution in [0.4, 0.5) is 15.9 Å². The molecule has 4 aromatic rings. The van der Waals surface area contributed by atoms with Crippen molar-refractivity contribution < 1.29 is 9.50 Å². The number of nitrogens with one attached hydrogen (secondary N) is 1. The van der Waals surface area contributed by atoms with Gasteiger partial charge in [-0.3, -0.25) is 0 Å². The van der Waals surface area contributed by atoms with E-state index in [0.717, 1.165) is 11.3 Å². The molecule has 7 nitrogen and oxygen atoms in total. The molecule has 136 valence electrons. The molecule has 0 aliphatic heterocycles. The first-order valence-electron chi connectivity index (χ1n) is 8.49. The van der Waals surface area contributed by atoms with Crippen molar-refractivity contribution in [2.75, 3.05) is 11.9 Å². The second-order valence-electron chi connectivity index (χ2n) is 6.03. The Morgan fingerprint density at radius 2 is 1.96 bits per heavy atom. The van der Waals surface area contributed by atoms with Gasteiger partial charge in [-0.1, -0.05) is 35.5 Å². The predicted molar refractivity (Wildman–Crippen MR) is 99.1 cm³/mol. The van der Waals surface area contributed by atoms with Crippen LogP contribution in [0.2, 0.25) is 0 Å². The van der Waals surface area contributed by atoms with Crippen LogP contribution in [-0.4, -0.2) is 36.7 Å². The van der Waals surface area contributed by atoms with Gasteiger partial charge in [-0.15, -0.1) is 5.10 Å². The van der Waals surface area contributed by atoms with E-state index in [-0.39, 0.29) is 19.0 Å². The summed E-state index contributed by atoms with van der Waals surface area (Å²) in [6.45, 7) is 0.317. The average molecular weight is 364 g/mol. The highest BCUT2D eigenvalue weighted by Crippen LogP contribution is 2.22. The van der Waals surface area contributed by atoms with E-state index in [4.69, 9.17) is 5.11 Å². The normalized spacial score (nSPS) is 11.0. The van der Waals surface area contributed by atoms with Crippen molar-refractivity contribution in [3.63, 3.8) is 0 Å². The molecule has 8 heteroatoms. The average Bonchev–Trinajstić information content (AvgIpc) is 3.08. The number of benzene rings is 2. The van der Waals surface area contributed by atoms with Crippen molar-refractivity contribution in [3.05, 3.63) is 71.8 Å². The fraction of sp³-hybridized carbons (Fsp3) is 0.158. The maximum absolute atomic E-state index is 13.9. The van der Waals surface area contributed by atoms with Crippen molar-refractivity contribution >= 4 is 22.7 Å². The highest BCUT2D eigenvalue weighted by Gasteiger charge is 2.13. The molecule has 27 heavy (non-hydrogen) atoms. The van der Waals surface area contributed by atoms with E-state index in [1.165, 1.54) is 12.4 Å². The van der Waals surface area contributed by atoms with Gasteiger partial charge in [0.25, 0.3) is 0 Å². The lowest BCUT2D eigenvalue weighted by atomic mass is 10.1. The monoisotopic (exact) mass is 364 g/mol. The Labute approximate surface area is 154 Å². The van der Waals surface area contributed by atoms with Crippen LogP contribution in [-0.2, 0) is 13.0 Å². The Morgan fingerprint density at radius 1 is 1.07 bits per heavy atom. The first-order valence-corrected chi connectivity index (χ1v) is 8.49. The van der Waals surface area contributed by atoms with Crippen LogP contribution in [0.25, 0.3) is 11.2 Å². The number of hydrogen-bond donors (Lipinski definition) is 2. The Kier molecular flexibility index (Phi) is 4.71. The van der Waals surface area contributed by atoms with Gasteiger partial charge in [0.15, 0.2) is 17.0 Å². The third-order valence-corrected chi connectivity index (χ3v) is 4.17. The zero-order chi connectivity index (χ0) is 18.6. The van der Waals surface area contributed by atoms with Gasteiger partial charge in [-0.25, -0.2) is 19.0 Å². The summed E-state index contributed by atoms with van der Waals surface area (Å²) >= 11 is 0. The minimum Gasteiger partial charge on any atom is -0.396 e. The lowest BCUT2D eigenvalue weighted by Gasteiger charge is -2.08. The van der Waals surface area contributed by atoms with E-state index >= 15 is 0 Å². The molecule has 0 spiro atoms. The molecule has 0 unspecified atom stereocenters. The Hall–Kier alpha value is -3.39. The fourth-order valence-corrected chi connectivity index (χ4v) is 2.85.